The maximum atomic E-state index is 12.7. The van der Waals surface area contributed by atoms with Crippen molar-refractivity contribution in [2.24, 2.45) is 5.92 Å². The molecule has 0 amide bonds. The summed E-state index contributed by atoms with van der Waals surface area (Å²) in [5.41, 5.74) is 0.838. The molecule has 5 heteroatoms. The highest BCUT2D eigenvalue weighted by atomic mass is 16.6. The molecule has 0 aliphatic carbocycles. The Balaban J connectivity index is 1.59. The Morgan fingerprint density at radius 2 is 1.48 bits per heavy atom. The van der Waals surface area contributed by atoms with Crippen molar-refractivity contribution < 1.29 is 23.7 Å². The van der Waals surface area contributed by atoms with Gasteiger partial charge in [0.2, 0.25) is 0 Å². The first kappa shape index (κ1) is 22.2. The van der Waals surface area contributed by atoms with Crippen molar-refractivity contribution in [2.45, 2.75) is 33.5 Å². The molecule has 0 bridgehead atoms. The van der Waals surface area contributed by atoms with E-state index >= 15 is 0 Å². The van der Waals surface area contributed by atoms with Crippen LogP contribution in [0, 0.1) is 5.92 Å². The van der Waals surface area contributed by atoms with E-state index in [2.05, 4.69) is 0 Å². The lowest BCUT2D eigenvalue weighted by molar-refractivity contribution is -0.155. The number of rotatable bonds is 10. The Morgan fingerprint density at radius 1 is 0.806 bits per heavy atom. The zero-order chi connectivity index (χ0) is 22.1. The van der Waals surface area contributed by atoms with Gasteiger partial charge in [-0.05, 0) is 61.0 Å². The van der Waals surface area contributed by atoms with Crippen LogP contribution in [0.5, 0.6) is 23.0 Å². The summed E-state index contributed by atoms with van der Waals surface area (Å²) in [6.07, 6.45) is -0.707. The van der Waals surface area contributed by atoms with Crippen LogP contribution in [0.4, 0.5) is 0 Å². The van der Waals surface area contributed by atoms with E-state index in [0.717, 1.165) is 17.1 Å². The molecule has 0 spiro atoms. The predicted octanol–water partition coefficient (Wildman–Crippen LogP) is 6.02. The minimum Gasteiger partial charge on any atom is -0.494 e. The van der Waals surface area contributed by atoms with Crippen LogP contribution in [0.15, 0.2) is 78.9 Å². The summed E-state index contributed by atoms with van der Waals surface area (Å²) in [6, 6.07) is 24.2. The monoisotopic (exact) mass is 420 g/mol. The minimum absolute atomic E-state index is 0.0492. The second-order valence-corrected chi connectivity index (χ2v) is 7.36. The van der Waals surface area contributed by atoms with E-state index in [4.69, 9.17) is 18.9 Å². The molecular formula is C26H28O5. The molecule has 162 valence electrons. The first-order valence-electron chi connectivity index (χ1n) is 10.4. The zero-order valence-corrected chi connectivity index (χ0v) is 18.1. The average molecular weight is 421 g/mol. The number of carbonyl (C=O) groups is 1. The third-order valence-corrected chi connectivity index (χ3v) is 4.49. The van der Waals surface area contributed by atoms with E-state index in [9.17, 15) is 4.79 Å². The van der Waals surface area contributed by atoms with E-state index in [1.807, 2.05) is 87.5 Å². The Kier molecular flexibility index (Phi) is 7.93. The second-order valence-electron chi connectivity index (χ2n) is 7.36. The van der Waals surface area contributed by atoms with Crippen LogP contribution in [-0.2, 0) is 16.1 Å². The highest BCUT2D eigenvalue weighted by Gasteiger charge is 2.26. The van der Waals surface area contributed by atoms with Gasteiger partial charge in [0.05, 0.1) is 6.61 Å². The van der Waals surface area contributed by atoms with E-state index in [1.54, 1.807) is 12.1 Å². The third-order valence-electron chi connectivity index (χ3n) is 4.49. The summed E-state index contributed by atoms with van der Waals surface area (Å²) in [4.78, 5) is 12.7. The molecule has 0 N–H and O–H groups in total. The van der Waals surface area contributed by atoms with Gasteiger partial charge in [-0.1, -0.05) is 44.2 Å². The lowest BCUT2D eigenvalue weighted by Gasteiger charge is -2.21. The molecule has 0 aliphatic heterocycles. The van der Waals surface area contributed by atoms with Crippen LogP contribution in [0.2, 0.25) is 0 Å². The van der Waals surface area contributed by atoms with Crippen molar-refractivity contribution in [1.29, 1.82) is 0 Å². The first-order valence-corrected chi connectivity index (χ1v) is 10.4. The topological polar surface area (TPSA) is 54.0 Å². The van der Waals surface area contributed by atoms with Gasteiger partial charge in [-0.2, -0.15) is 0 Å². The molecule has 1 atom stereocenters. The molecule has 3 aromatic rings. The summed E-state index contributed by atoms with van der Waals surface area (Å²) < 4.78 is 22.7. The minimum atomic E-state index is -0.707. The van der Waals surface area contributed by atoms with Crippen LogP contribution < -0.4 is 14.2 Å². The number of esters is 1. The Hall–Kier alpha value is -3.47. The number of ether oxygens (including phenoxy) is 4. The molecular weight excluding hydrogens is 392 g/mol. The van der Waals surface area contributed by atoms with E-state index < -0.39 is 12.1 Å². The number of carbonyl (C=O) groups excluding carboxylic acids is 1. The highest BCUT2D eigenvalue weighted by molar-refractivity contribution is 5.75. The Bertz CT molecular complexity index is 951. The van der Waals surface area contributed by atoms with Gasteiger partial charge in [0.1, 0.15) is 29.6 Å². The third kappa shape index (κ3) is 6.78. The molecule has 0 heterocycles. The molecule has 5 nitrogen and oxygen atoms in total. The maximum Gasteiger partial charge on any atom is 0.347 e. The maximum absolute atomic E-state index is 12.7. The first-order chi connectivity index (χ1) is 15.0. The standard InChI is InChI=1S/C26H28O5/c1-4-28-21-13-15-23(16-14-21)31-25(19(2)3)26(27)29-18-20-9-8-12-24(17-20)30-22-10-6-5-7-11-22/h5-17,19,25H,4,18H2,1-3H3. The Labute approximate surface area is 183 Å². The summed E-state index contributed by atoms with van der Waals surface area (Å²) in [5, 5.41) is 0. The molecule has 0 radical (unpaired) electrons. The molecule has 31 heavy (non-hydrogen) atoms. The van der Waals surface area contributed by atoms with Crippen molar-refractivity contribution in [2.75, 3.05) is 6.61 Å². The van der Waals surface area contributed by atoms with E-state index in [1.165, 1.54) is 0 Å². The van der Waals surface area contributed by atoms with Gasteiger partial charge in [0.15, 0.2) is 6.10 Å². The van der Waals surface area contributed by atoms with Crippen molar-refractivity contribution in [3.05, 3.63) is 84.4 Å². The molecule has 0 aromatic heterocycles. The molecule has 0 aliphatic rings. The average Bonchev–Trinajstić information content (AvgIpc) is 2.78. The largest absolute Gasteiger partial charge is 0.494 e. The molecule has 0 saturated heterocycles. The summed E-state index contributed by atoms with van der Waals surface area (Å²) >= 11 is 0. The fraction of sp³-hybridized carbons (Fsp3) is 0.269. The number of hydrogen-bond acceptors (Lipinski definition) is 5. The lowest BCUT2D eigenvalue weighted by atomic mass is 10.1. The predicted molar refractivity (Wildman–Crippen MR) is 120 cm³/mol. The van der Waals surface area contributed by atoms with Gasteiger partial charge in [0.25, 0.3) is 0 Å². The van der Waals surface area contributed by atoms with Crippen molar-refractivity contribution >= 4 is 5.97 Å². The fourth-order valence-corrected chi connectivity index (χ4v) is 2.94. The molecule has 3 rings (SSSR count). The van der Waals surface area contributed by atoms with E-state index in [0.29, 0.717) is 18.1 Å². The van der Waals surface area contributed by atoms with Gasteiger partial charge in [-0.3, -0.25) is 0 Å². The van der Waals surface area contributed by atoms with Crippen LogP contribution in [-0.4, -0.2) is 18.7 Å². The second kappa shape index (κ2) is 11.1. The summed E-state index contributed by atoms with van der Waals surface area (Å²) in [5.74, 6) is 2.34. The van der Waals surface area contributed by atoms with Gasteiger partial charge in [0, 0.05) is 5.92 Å². The number of hydrogen-bond donors (Lipinski definition) is 0. The van der Waals surface area contributed by atoms with Gasteiger partial charge < -0.3 is 18.9 Å². The van der Waals surface area contributed by atoms with Crippen LogP contribution in [0.3, 0.4) is 0 Å². The fourth-order valence-electron chi connectivity index (χ4n) is 2.94. The van der Waals surface area contributed by atoms with Crippen LogP contribution in [0.25, 0.3) is 0 Å². The highest BCUT2D eigenvalue weighted by Crippen LogP contribution is 2.23. The SMILES string of the molecule is CCOc1ccc(OC(C(=O)OCc2cccc(Oc3ccccc3)c2)C(C)C)cc1. The van der Waals surface area contributed by atoms with Gasteiger partial charge in [-0.15, -0.1) is 0 Å². The van der Waals surface area contributed by atoms with Crippen molar-refractivity contribution in [3.63, 3.8) is 0 Å². The van der Waals surface area contributed by atoms with Gasteiger partial charge in [-0.25, -0.2) is 4.79 Å². The van der Waals surface area contributed by atoms with Crippen molar-refractivity contribution in [1.82, 2.24) is 0 Å². The summed E-state index contributed by atoms with van der Waals surface area (Å²) in [6.45, 7) is 6.52. The van der Waals surface area contributed by atoms with E-state index in [-0.39, 0.29) is 12.5 Å². The molecule has 0 fully saturated rings. The molecule has 1 unspecified atom stereocenters. The number of benzene rings is 3. The van der Waals surface area contributed by atoms with Crippen LogP contribution >= 0.6 is 0 Å². The quantitative estimate of drug-likeness (QED) is 0.375. The number of para-hydroxylation sites is 1. The van der Waals surface area contributed by atoms with Crippen LogP contribution in [0.1, 0.15) is 26.3 Å². The lowest BCUT2D eigenvalue weighted by Crippen LogP contribution is -2.34. The van der Waals surface area contributed by atoms with Gasteiger partial charge >= 0.3 is 5.97 Å². The Morgan fingerprint density at radius 3 is 2.16 bits per heavy atom. The zero-order valence-electron chi connectivity index (χ0n) is 18.1. The summed E-state index contributed by atoms with van der Waals surface area (Å²) in [7, 11) is 0. The molecule has 3 aromatic carbocycles. The smallest absolute Gasteiger partial charge is 0.347 e. The normalized spacial score (nSPS) is 11.6. The van der Waals surface area contributed by atoms with Crippen molar-refractivity contribution in [3.8, 4) is 23.0 Å². The molecule has 0 saturated carbocycles.